The van der Waals surface area contributed by atoms with E-state index in [2.05, 4.69) is 0 Å². The fourth-order valence-corrected chi connectivity index (χ4v) is 0. The van der Waals surface area contributed by atoms with Crippen LogP contribution in [-0.2, 0) is 0 Å². The van der Waals surface area contributed by atoms with Gasteiger partial charge in [-0.15, -0.1) is 0 Å². The van der Waals surface area contributed by atoms with Crippen LogP contribution in [0.15, 0.2) is 0 Å². The summed E-state index contributed by atoms with van der Waals surface area (Å²) in [4.78, 5) is 0. The minimum absolute atomic E-state index is 2.31. The van der Waals surface area contributed by atoms with Crippen molar-refractivity contribution in [2.75, 3.05) is 0 Å². The van der Waals surface area contributed by atoms with E-state index >= 15 is 0 Å². The Morgan fingerprint density at radius 3 is 1.00 bits per heavy atom. The summed E-state index contributed by atoms with van der Waals surface area (Å²) < 4.78 is 0. The van der Waals surface area contributed by atoms with Gasteiger partial charge < -0.3 is 0 Å². The molecular formula is Cl3Th. The molecule has 0 aliphatic carbocycles. The van der Waals surface area contributed by atoms with Crippen molar-refractivity contribution < 1.29 is 29.2 Å². The molecule has 0 heterocycles. The first-order valence-corrected chi connectivity index (χ1v) is 15.7. The maximum atomic E-state index is 5.03. The van der Waals surface area contributed by atoms with Crippen LogP contribution >= 0.6 is 17.9 Å². The van der Waals surface area contributed by atoms with Gasteiger partial charge in [0.1, 0.15) is 0 Å². The standard InChI is InChI=1S/3ClH.Th/h3*1H;/q;;;+3/p-3. The third kappa shape index (κ3) is 8.89. The van der Waals surface area contributed by atoms with E-state index in [0.29, 0.717) is 0 Å². The Hall–Kier alpha value is 2.19. The average molecular weight is 338 g/mol. The molecule has 0 aliphatic heterocycles. The number of hydrogen-bond acceptors (Lipinski definition) is 0. The Balaban J connectivity index is 2.32. The molecule has 0 unspecified atom stereocenters. The second-order valence-corrected chi connectivity index (χ2v) is 17.8. The van der Waals surface area contributed by atoms with Crippen molar-refractivity contribution in [3.8, 4) is 0 Å². The van der Waals surface area contributed by atoms with Gasteiger partial charge in [-0.05, 0) is 0 Å². The zero-order valence-corrected chi connectivity index (χ0v) is 8.01. The van der Waals surface area contributed by atoms with Crippen LogP contribution in [0.5, 0.6) is 0 Å². The van der Waals surface area contributed by atoms with Crippen LogP contribution in [0.2, 0.25) is 0 Å². The molecule has 0 amide bonds. The predicted molar refractivity (Wildman–Crippen MR) is 17.6 cm³/mol. The van der Waals surface area contributed by atoms with Crippen molar-refractivity contribution in [2.24, 2.45) is 0 Å². The summed E-state index contributed by atoms with van der Waals surface area (Å²) in [6.07, 6.45) is 0. The van der Waals surface area contributed by atoms with E-state index in [1.807, 2.05) is 0 Å². The van der Waals surface area contributed by atoms with Crippen molar-refractivity contribution in [1.29, 1.82) is 0 Å². The minimum atomic E-state index is -2.31. The van der Waals surface area contributed by atoms with E-state index in [9.17, 15) is 0 Å². The van der Waals surface area contributed by atoms with Gasteiger partial charge in [0.15, 0.2) is 0 Å². The first kappa shape index (κ1) is 6.19. The zero-order chi connectivity index (χ0) is 3.58. The molecule has 0 saturated heterocycles. The van der Waals surface area contributed by atoms with Crippen LogP contribution in [0.3, 0.4) is 0 Å². The summed E-state index contributed by atoms with van der Waals surface area (Å²) >= 11 is -2.31. The molecule has 0 nitrogen and oxygen atoms in total. The van der Waals surface area contributed by atoms with E-state index in [0.717, 1.165) is 0 Å². The van der Waals surface area contributed by atoms with Crippen molar-refractivity contribution in [3.63, 3.8) is 0 Å². The van der Waals surface area contributed by atoms with Gasteiger partial charge in [-0.25, -0.2) is 0 Å². The molecule has 0 bridgehead atoms. The first-order chi connectivity index (χ1) is 1.73. The molecular weight excluding hydrogens is 338 g/mol. The van der Waals surface area contributed by atoms with Crippen molar-refractivity contribution in [1.82, 2.24) is 0 Å². The Morgan fingerprint density at radius 1 is 1.00 bits per heavy atom. The summed E-state index contributed by atoms with van der Waals surface area (Å²) in [5.41, 5.74) is 0. The third-order valence-electron chi connectivity index (χ3n) is 0. The van der Waals surface area contributed by atoms with Gasteiger partial charge in [0.25, 0.3) is 0 Å². The summed E-state index contributed by atoms with van der Waals surface area (Å²) in [5.74, 6) is 15.1. The van der Waals surface area contributed by atoms with Crippen LogP contribution in [0.25, 0.3) is 0 Å². The fraction of sp³-hybridized carbons (Fsp3) is 0. The fourth-order valence-electron chi connectivity index (χ4n) is 0. The van der Waals surface area contributed by atoms with Gasteiger partial charge in [0.2, 0.25) is 0 Å². The van der Waals surface area contributed by atoms with Crippen LogP contribution in [0.4, 0.5) is 0 Å². The summed E-state index contributed by atoms with van der Waals surface area (Å²) in [5, 5.41) is 0. The molecule has 0 N–H and O–H groups in total. The SMILES string of the molecule is [Cl][Th]([Cl])[Cl]. The first-order valence-electron chi connectivity index (χ1n) is 0.567. The van der Waals surface area contributed by atoms with E-state index in [-0.39, 0.29) is 0 Å². The van der Waals surface area contributed by atoms with E-state index < -0.39 is 29.2 Å². The monoisotopic (exact) mass is 337 g/mol. The molecule has 0 aromatic rings. The number of halogens is 3. The van der Waals surface area contributed by atoms with Gasteiger partial charge in [-0.2, -0.15) is 0 Å². The van der Waals surface area contributed by atoms with Crippen LogP contribution in [0.1, 0.15) is 0 Å². The van der Waals surface area contributed by atoms with Gasteiger partial charge in [0, 0.05) is 0 Å². The second kappa shape index (κ2) is 3.39. The van der Waals surface area contributed by atoms with Crippen molar-refractivity contribution in [3.05, 3.63) is 0 Å². The number of rotatable bonds is 0. The zero-order valence-electron chi connectivity index (χ0n) is 1.63. The molecule has 4 heteroatoms. The van der Waals surface area contributed by atoms with Gasteiger partial charge in [0.05, 0.1) is 0 Å². The second-order valence-electron chi connectivity index (χ2n) is 0.214. The van der Waals surface area contributed by atoms with Crippen molar-refractivity contribution >= 4 is 17.9 Å². The van der Waals surface area contributed by atoms with Crippen LogP contribution in [-0.4, -0.2) is 0 Å². The summed E-state index contributed by atoms with van der Waals surface area (Å²) in [7, 11) is 0. The third-order valence-corrected chi connectivity index (χ3v) is 0. The van der Waals surface area contributed by atoms with E-state index in [4.69, 9.17) is 17.9 Å². The Bertz CT molecular complexity index is 8.00. The Labute approximate surface area is 46.0 Å². The molecule has 0 radical (unpaired) electrons. The quantitative estimate of drug-likeness (QED) is 0.634. The molecule has 0 aromatic carbocycles. The van der Waals surface area contributed by atoms with Gasteiger partial charge in [-0.3, -0.25) is 0 Å². The molecule has 0 fully saturated rings. The van der Waals surface area contributed by atoms with Gasteiger partial charge >= 0.3 is 47.1 Å². The Morgan fingerprint density at radius 2 is 1.00 bits per heavy atom. The van der Waals surface area contributed by atoms with Crippen LogP contribution < -0.4 is 0 Å². The molecule has 0 aliphatic rings. The molecule has 0 spiro atoms. The van der Waals surface area contributed by atoms with Gasteiger partial charge in [-0.1, -0.05) is 0 Å². The predicted octanol–water partition coefficient (Wildman–Crippen LogP) is 2.07. The average Bonchev–Trinajstić information content (AvgIpc) is 0.811. The maximum absolute atomic E-state index is 5.03. The molecule has 0 atom stereocenters. The van der Waals surface area contributed by atoms with Crippen molar-refractivity contribution in [2.45, 2.75) is 0 Å². The van der Waals surface area contributed by atoms with E-state index in [1.165, 1.54) is 0 Å². The normalized spacial score (nSPS) is 6.75. The molecule has 0 rings (SSSR count). The number of hydrogen-bond donors (Lipinski definition) is 0. The summed E-state index contributed by atoms with van der Waals surface area (Å²) in [6, 6.07) is 0. The molecule has 0 saturated carbocycles. The summed E-state index contributed by atoms with van der Waals surface area (Å²) in [6.45, 7) is 0. The Kier molecular flexibility index (Phi) is 5.25. The van der Waals surface area contributed by atoms with E-state index in [1.54, 1.807) is 0 Å². The topological polar surface area (TPSA) is 0 Å². The van der Waals surface area contributed by atoms with Crippen LogP contribution in [0, 0.1) is 29.2 Å². The molecule has 0 aromatic heterocycles. The molecule has 25 valence electrons. The molecule has 4 heavy (non-hydrogen) atoms.